The lowest BCUT2D eigenvalue weighted by Crippen LogP contribution is -2.18. The lowest BCUT2D eigenvalue weighted by atomic mass is 9.90. The normalized spacial score (nSPS) is 31.0. The van der Waals surface area contributed by atoms with Crippen LogP contribution in [0.1, 0.15) is 30.4 Å². The minimum atomic E-state index is 0.566. The Hall–Kier alpha value is -0.860. The predicted octanol–water partition coefficient (Wildman–Crippen LogP) is 3.08. The maximum atomic E-state index is 5.81. The molecule has 2 heteroatoms. The molecular formula is C15H20O2. The standard InChI is InChI=1S/C15H20O2/c1-11-2-4-12(5-3-11)9-16-10-13-6-7-14-15(8-13)17-14/h2-5,13-15H,6-10H2,1H3. The van der Waals surface area contributed by atoms with Gasteiger partial charge in [0.15, 0.2) is 0 Å². The van der Waals surface area contributed by atoms with Gasteiger partial charge in [0.25, 0.3) is 0 Å². The number of epoxide rings is 1. The minimum absolute atomic E-state index is 0.566. The molecule has 0 N–H and O–H groups in total. The molecule has 92 valence electrons. The Kier molecular flexibility index (Phi) is 3.17. The van der Waals surface area contributed by atoms with Crippen LogP contribution in [-0.2, 0) is 16.1 Å². The van der Waals surface area contributed by atoms with Crippen LogP contribution in [0.5, 0.6) is 0 Å². The van der Waals surface area contributed by atoms with E-state index in [1.807, 2.05) is 0 Å². The zero-order valence-electron chi connectivity index (χ0n) is 10.4. The lowest BCUT2D eigenvalue weighted by molar-refractivity contribution is 0.0765. The van der Waals surface area contributed by atoms with Crippen LogP contribution in [-0.4, -0.2) is 18.8 Å². The fourth-order valence-electron chi connectivity index (χ4n) is 2.67. The van der Waals surface area contributed by atoms with Crippen molar-refractivity contribution in [2.24, 2.45) is 5.92 Å². The van der Waals surface area contributed by atoms with E-state index in [1.54, 1.807) is 0 Å². The second-order valence-electron chi connectivity index (χ2n) is 5.39. The van der Waals surface area contributed by atoms with Gasteiger partial charge in [-0.15, -0.1) is 0 Å². The summed E-state index contributed by atoms with van der Waals surface area (Å²) in [6.07, 6.45) is 4.89. The van der Waals surface area contributed by atoms with Gasteiger partial charge in [-0.2, -0.15) is 0 Å². The maximum absolute atomic E-state index is 5.81. The monoisotopic (exact) mass is 232 g/mol. The highest BCUT2D eigenvalue weighted by Crippen LogP contribution is 2.39. The number of benzene rings is 1. The Bertz CT molecular complexity index is 371. The Morgan fingerprint density at radius 3 is 2.76 bits per heavy atom. The molecule has 3 rings (SSSR count). The summed E-state index contributed by atoms with van der Waals surface area (Å²) in [5.74, 6) is 0.712. The molecule has 2 nitrogen and oxygen atoms in total. The van der Waals surface area contributed by atoms with Gasteiger partial charge < -0.3 is 9.47 Å². The largest absolute Gasteiger partial charge is 0.376 e. The van der Waals surface area contributed by atoms with Gasteiger partial charge in [-0.3, -0.25) is 0 Å². The van der Waals surface area contributed by atoms with Crippen molar-refractivity contribution in [1.82, 2.24) is 0 Å². The summed E-state index contributed by atoms with van der Waals surface area (Å²) in [6, 6.07) is 8.58. The summed E-state index contributed by atoms with van der Waals surface area (Å²) in [5.41, 5.74) is 2.57. The van der Waals surface area contributed by atoms with Gasteiger partial charge >= 0.3 is 0 Å². The molecule has 1 heterocycles. The van der Waals surface area contributed by atoms with Crippen LogP contribution in [0.3, 0.4) is 0 Å². The average molecular weight is 232 g/mol. The molecule has 1 saturated heterocycles. The molecule has 2 aliphatic rings. The van der Waals surface area contributed by atoms with Gasteiger partial charge in [0.1, 0.15) is 0 Å². The lowest BCUT2D eigenvalue weighted by Gasteiger charge is -2.18. The topological polar surface area (TPSA) is 21.8 Å². The smallest absolute Gasteiger partial charge is 0.0845 e. The van der Waals surface area contributed by atoms with Gasteiger partial charge in [0.2, 0.25) is 0 Å². The number of hydrogen-bond donors (Lipinski definition) is 0. The molecule has 0 bridgehead atoms. The molecule has 0 spiro atoms. The average Bonchev–Trinajstić information content (AvgIpc) is 3.10. The van der Waals surface area contributed by atoms with Crippen molar-refractivity contribution >= 4 is 0 Å². The molecule has 1 aliphatic heterocycles. The number of rotatable bonds is 4. The Morgan fingerprint density at radius 2 is 2.00 bits per heavy atom. The van der Waals surface area contributed by atoms with E-state index in [1.165, 1.54) is 30.4 Å². The first kappa shape index (κ1) is 11.2. The van der Waals surface area contributed by atoms with E-state index in [4.69, 9.17) is 9.47 Å². The molecular weight excluding hydrogens is 212 g/mol. The van der Waals surface area contributed by atoms with E-state index >= 15 is 0 Å². The van der Waals surface area contributed by atoms with Crippen LogP contribution < -0.4 is 0 Å². The summed E-state index contributed by atoms with van der Waals surface area (Å²) < 4.78 is 11.3. The summed E-state index contributed by atoms with van der Waals surface area (Å²) in [5, 5.41) is 0. The van der Waals surface area contributed by atoms with E-state index in [0.717, 1.165) is 13.2 Å². The molecule has 1 aliphatic carbocycles. The van der Waals surface area contributed by atoms with E-state index in [-0.39, 0.29) is 0 Å². The summed E-state index contributed by atoms with van der Waals surface area (Å²) >= 11 is 0. The third-order valence-electron chi connectivity index (χ3n) is 3.86. The van der Waals surface area contributed by atoms with Crippen molar-refractivity contribution in [1.29, 1.82) is 0 Å². The van der Waals surface area contributed by atoms with Crippen molar-refractivity contribution in [2.45, 2.75) is 45.0 Å². The molecule has 3 unspecified atom stereocenters. The molecule has 2 fully saturated rings. The van der Waals surface area contributed by atoms with Crippen LogP contribution in [0.4, 0.5) is 0 Å². The van der Waals surface area contributed by atoms with E-state index in [0.29, 0.717) is 18.1 Å². The molecule has 17 heavy (non-hydrogen) atoms. The highest BCUT2D eigenvalue weighted by molar-refractivity contribution is 5.20. The Balaban J connectivity index is 1.41. The van der Waals surface area contributed by atoms with E-state index < -0.39 is 0 Å². The zero-order valence-corrected chi connectivity index (χ0v) is 10.4. The quantitative estimate of drug-likeness (QED) is 0.744. The Morgan fingerprint density at radius 1 is 1.18 bits per heavy atom. The van der Waals surface area contributed by atoms with Crippen molar-refractivity contribution in [3.05, 3.63) is 35.4 Å². The van der Waals surface area contributed by atoms with Crippen LogP contribution in [0.2, 0.25) is 0 Å². The van der Waals surface area contributed by atoms with Gasteiger partial charge in [-0.1, -0.05) is 29.8 Å². The summed E-state index contributed by atoms with van der Waals surface area (Å²) in [6.45, 7) is 3.74. The first-order valence-electron chi connectivity index (χ1n) is 6.60. The highest BCUT2D eigenvalue weighted by Gasteiger charge is 2.43. The van der Waals surface area contributed by atoms with Gasteiger partial charge in [0, 0.05) is 6.61 Å². The van der Waals surface area contributed by atoms with Crippen LogP contribution in [0, 0.1) is 12.8 Å². The molecule has 1 aromatic rings. The SMILES string of the molecule is Cc1ccc(COCC2CCC3OC3C2)cc1. The molecule has 1 saturated carbocycles. The van der Waals surface area contributed by atoms with Crippen LogP contribution in [0.25, 0.3) is 0 Å². The van der Waals surface area contributed by atoms with Crippen molar-refractivity contribution in [2.75, 3.05) is 6.61 Å². The molecule has 0 amide bonds. The second-order valence-corrected chi connectivity index (χ2v) is 5.39. The minimum Gasteiger partial charge on any atom is -0.376 e. The van der Waals surface area contributed by atoms with Crippen molar-refractivity contribution in [3.63, 3.8) is 0 Å². The van der Waals surface area contributed by atoms with E-state index in [2.05, 4.69) is 31.2 Å². The number of aryl methyl sites for hydroxylation is 1. The molecule has 1 aromatic carbocycles. The third kappa shape index (κ3) is 2.88. The molecule has 0 radical (unpaired) electrons. The van der Waals surface area contributed by atoms with Crippen LogP contribution >= 0.6 is 0 Å². The number of fused-ring (bicyclic) bond motifs is 1. The number of hydrogen-bond acceptors (Lipinski definition) is 2. The van der Waals surface area contributed by atoms with Crippen LogP contribution in [0.15, 0.2) is 24.3 Å². The fourth-order valence-corrected chi connectivity index (χ4v) is 2.67. The van der Waals surface area contributed by atoms with Gasteiger partial charge in [-0.25, -0.2) is 0 Å². The second kappa shape index (κ2) is 4.79. The van der Waals surface area contributed by atoms with Crippen molar-refractivity contribution < 1.29 is 9.47 Å². The zero-order chi connectivity index (χ0) is 11.7. The fraction of sp³-hybridized carbons (Fsp3) is 0.600. The number of ether oxygens (including phenoxy) is 2. The van der Waals surface area contributed by atoms with Gasteiger partial charge in [-0.05, 0) is 37.7 Å². The Labute approximate surface area is 103 Å². The first-order valence-corrected chi connectivity index (χ1v) is 6.60. The molecule has 3 atom stereocenters. The summed E-state index contributed by atoms with van der Waals surface area (Å²) in [4.78, 5) is 0. The molecule has 0 aromatic heterocycles. The first-order chi connectivity index (χ1) is 8.31. The predicted molar refractivity (Wildman–Crippen MR) is 66.8 cm³/mol. The third-order valence-corrected chi connectivity index (χ3v) is 3.86. The van der Waals surface area contributed by atoms with Crippen molar-refractivity contribution in [3.8, 4) is 0 Å². The van der Waals surface area contributed by atoms with Gasteiger partial charge in [0.05, 0.1) is 18.8 Å². The summed E-state index contributed by atoms with van der Waals surface area (Å²) in [7, 11) is 0. The highest BCUT2D eigenvalue weighted by atomic mass is 16.6. The maximum Gasteiger partial charge on any atom is 0.0845 e. The van der Waals surface area contributed by atoms with E-state index in [9.17, 15) is 0 Å².